The molecule has 4 rings (SSSR count). The van der Waals surface area contributed by atoms with Crippen LogP contribution < -0.4 is 15.6 Å². The third kappa shape index (κ3) is 3.87. The second-order valence-corrected chi connectivity index (χ2v) is 8.22. The van der Waals surface area contributed by atoms with Gasteiger partial charge in [-0.2, -0.15) is 0 Å². The highest BCUT2D eigenvalue weighted by molar-refractivity contribution is 6.31. The SMILES string of the molecule is CC(C)n1[nH]c(=O)c2c1NC(=O)C([N+](=O)[O-])C2c1ccc(OCc2ccccc2Cl)cc1. The van der Waals surface area contributed by atoms with Gasteiger partial charge in [0.2, 0.25) is 0 Å². The second kappa shape index (κ2) is 8.51. The molecule has 1 amide bonds. The third-order valence-corrected chi connectivity index (χ3v) is 5.80. The number of halogens is 1. The average molecular weight is 457 g/mol. The van der Waals surface area contributed by atoms with Gasteiger partial charge in [-0.1, -0.05) is 41.9 Å². The topological polar surface area (TPSA) is 119 Å². The molecule has 2 atom stereocenters. The average Bonchev–Trinajstić information content (AvgIpc) is 3.08. The fraction of sp³-hybridized carbons (Fsp3) is 0.273. The van der Waals surface area contributed by atoms with Crippen LogP contribution in [-0.4, -0.2) is 26.7 Å². The summed E-state index contributed by atoms with van der Waals surface area (Å²) >= 11 is 6.15. The summed E-state index contributed by atoms with van der Waals surface area (Å²) < 4.78 is 7.28. The van der Waals surface area contributed by atoms with Crippen molar-refractivity contribution in [3.63, 3.8) is 0 Å². The molecule has 0 fully saturated rings. The van der Waals surface area contributed by atoms with E-state index in [2.05, 4.69) is 10.4 Å². The Morgan fingerprint density at radius 3 is 2.47 bits per heavy atom. The highest BCUT2D eigenvalue weighted by atomic mass is 35.5. The van der Waals surface area contributed by atoms with Crippen LogP contribution in [0.3, 0.4) is 0 Å². The third-order valence-electron chi connectivity index (χ3n) is 5.43. The molecule has 2 heterocycles. The maximum absolute atomic E-state index is 12.7. The van der Waals surface area contributed by atoms with E-state index in [1.807, 2.05) is 32.0 Å². The maximum atomic E-state index is 12.7. The molecule has 1 aromatic heterocycles. The van der Waals surface area contributed by atoms with Gasteiger partial charge in [-0.3, -0.25) is 29.5 Å². The smallest absolute Gasteiger partial charge is 0.301 e. The van der Waals surface area contributed by atoms with E-state index in [0.717, 1.165) is 5.56 Å². The Kier molecular flexibility index (Phi) is 5.75. The molecule has 9 nitrogen and oxygen atoms in total. The normalized spacial score (nSPS) is 17.7. The summed E-state index contributed by atoms with van der Waals surface area (Å²) in [5.74, 6) is -1.01. The van der Waals surface area contributed by atoms with Gasteiger partial charge in [-0.25, -0.2) is 0 Å². The Bertz CT molecular complexity index is 1230. The number of carbonyl (C=O) groups excluding carboxylic acids is 1. The van der Waals surface area contributed by atoms with Crippen LogP contribution in [0.25, 0.3) is 0 Å². The largest absolute Gasteiger partial charge is 0.489 e. The zero-order chi connectivity index (χ0) is 23.0. The predicted molar refractivity (Wildman–Crippen MR) is 119 cm³/mol. The van der Waals surface area contributed by atoms with Gasteiger partial charge in [0.1, 0.15) is 18.2 Å². The lowest BCUT2D eigenvalue weighted by Gasteiger charge is -2.26. The highest BCUT2D eigenvalue weighted by Crippen LogP contribution is 2.38. The number of carbonyl (C=O) groups is 1. The summed E-state index contributed by atoms with van der Waals surface area (Å²) in [6.07, 6.45) is 0. The van der Waals surface area contributed by atoms with Crippen molar-refractivity contribution in [2.75, 3.05) is 5.32 Å². The van der Waals surface area contributed by atoms with Gasteiger partial charge in [-0.05, 0) is 37.6 Å². The lowest BCUT2D eigenvalue weighted by atomic mass is 9.83. The number of anilines is 1. The van der Waals surface area contributed by atoms with Crippen molar-refractivity contribution in [3.05, 3.63) is 90.7 Å². The van der Waals surface area contributed by atoms with Crippen LogP contribution in [0.2, 0.25) is 5.02 Å². The van der Waals surface area contributed by atoms with Crippen molar-refractivity contribution >= 4 is 23.3 Å². The minimum absolute atomic E-state index is 0.153. The fourth-order valence-electron chi connectivity index (χ4n) is 3.88. The zero-order valence-electron chi connectivity index (χ0n) is 17.4. The molecule has 0 saturated carbocycles. The molecule has 10 heteroatoms. The number of nitrogens with zero attached hydrogens (tertiary/aromatic N) is 2. The molecule has 166 valence electrons. The first-order valence-electron chi connectivity index (χ1n) is 10.0. The van der Waals surface area contributed by atoms with Crippen LogP contribution in [0, 0.1) is 10.1 Å². The van der Waals surface area contributed by atoms with Crippen LogP contribution in [-0.2, 0) is 11.4 Å². The summed E-state index contributed by atoms with van der Waals surface area (Å²) in [7, 11) is 0. The number of fused-ring (bicyclic) bond motifs is 1. The van der Waals surface area contributed by atoms with Crippen LogP contribution >= 0.6 is 11.6 Å². The van der Waals surface area contributed by atoms with Gasteiger partial charge in [0.15, 0.2) is 0 Å². The quantitative estimate of drug-likeness (QED) is 0.432. The Balaban J connectivity index is 1.68. The second-order valence-electron chi connectivity index (χ2n) is 7.81. The van der Waals surface area contributed by atoms with Gasteiger partial charge in [-0.15, -0.1) is 0 Å². The molecule has 1 aliphatic heterocycles. The minimum atomic E-state index is -1.62. The van der Waals surface area contributed by atoms with Crippen LogP contribution in [0.4, 0.5) is 5.82 Å². The van der Waals surface area contributed by atoms with E-state index in [-0.39, 0.29) is 24.0 Å². The number of H-pyrrole nitrogens is 1. The first kappa shape index (κ1) is 21.6. The van der Waals surface area contributed by atoms with E-state index in [1.54, 1.807) is 30.3 Å². The lowest BCUT2D eigenvalue weighted by Crippen LogP contribution is -2.45. The maximum Gasteiger partial charge on any atom is 0.301 e. The molecule has 0 bridgehead atoms. The van der Waals surface area contributed by atoms with Gasteiger partial charge < -0.3 is 10.1 Å². The number of rotatable bonds is 6. The van der Waals surface area contributed by atoms with Crippen LogP contribution in [0.15, 0.2) is 53.3 Å². The Morgan fingerprint density at radius 2 is 1.84 bits per heavy atom. The summed E-state index contributed by atoms with van der Waals surface area (Å²) in [5, 5.41) is 17.6. The van der Waals surface area contributed by atoms with E-state index in [9.17, 15) is 19.7 Å². The Labute approximate surface area is 188 Å². The van der Waals surface area contributed by atoms with Crippen molar-refractivity contribution < 1.29 is 14.5 Å². The van der Waals surface area contributed by atoms with E-state index in [1.165, 1.54) is 4.68 Å². The molecular weight excluding hydrogens is 436 g/mol. The monoisotopic (exact) mass is 456 g/mol. The number of ether oxygens (including phenoxy) is 1. The number of amides is 1. The van der Waals surface area contributed by atoms with Crippen LogP contribution in [0.5, 0.6) is 5.75 Å². The summed E-state index contributed by atoms with van der Waals surface area (Å²) in [6, 6.07) is 12.1. The molecule has 3 aromatic rings. The number of benzene rings is 2. The van der Waals surface area contributed by atoms with Crippen LogP contribution in [0.1, 0.15) is 42.5 Å². The lowest BCUT2D eigenvalue weighted by molar-refractivity contribution is -0.509. The van der Waals surface area contributed by atoms with Gasteiger partial charge in [0.05, 0.1) is 11.5 Å². The molecule has 0 aliphatic carbocycles. The number of hydrogen-bond donors (Lipinski definition) is 2. The molecule has 2 N–H and O–H groups in total. The molecule has 32 heavy (non-hydrogen) atoms. The first-order chi connectivity index (χ1) is 15.3. The standard InChI is InChI=1S/C22H21ClN4O5/c1-12(2)26-20-18(21(28)25-26)17(19(27(30)31)22(29)24-20)13-7-9-15(10-8-13)32-11-14-5-3-4-6-16(14)23/h3-10,12,17,19H,11H2,1-2H3,(H,24,29)(H,25,28). The zero-order valence-corrected chi connectivity index (χ0v) is 18.1. The molecule has 2 unspecified atom stereocenters. The summed E-state index contributed by atoms with van der Waals surface area (Å²) in [4.78, 5) is 36.4. The number of aromatic amines is 1. The number of hydrogen-bond acceptors (Lipinski definition) is 5. The number of nitrogens with one attached hydrogen (secondary N) is 2. The van der Waals surface area contributed by atoms with Crippen molar-refractivity contribution in [1.29, 1.82) is 0 Å². The molecule has 0 spiro atoms. The molecule has 1 aliphatic rings. The van der Waals surface area contributed by atoms with E-state index in [0.29, 0.717) is 16.3 Å². The molecule has 2 aromatic carbocycles. The van der Waals surface area contributed by atoms with Gasteiger partial charge in [0, 0.05) is 21.6 Å². The molecule has 0 saturated heterocycles. The summed E-state index contributed by atoms with van der Waals surface area (Å²) in [6.45, 7) is 3.92. The van der Waals surface area contributed by atoms with Crippen molar-refractivity contribution in [3.8, 4) is 5.75 Å². The highest BCUT2D eigenvalue weighted by Gasteiger charge is 2.48. The van der Waals surface area contributed by atoms with Crippen molar-refractivity contribution in [2.24, 2.45) is 0 Å². The van der Waals surface area contributed by atoms with Crippen molar-refractivity contribution in [2.45, 2.75) is 38.5 Å². The Morgan fingerprint density at radius 1 is 1.16 bits per heavy atom. The summed E-state index contributed by atoms with van der Waals surface area (Å²) in [5.41, 5.74) is 0.996. The fourth-order valence-corrected chi connectivity index (χ4v) is 4.07. The minimum Gasteiger partial charge on any atom is -0.489 e. The van der Waals surface area contributed by atoms with Gasteiger partial charge >= 0.3 is 11.9 Å². The predicted octanol–water partition coefficient (Wildman–Crippen LogP) is 3.72. The van der Waals surface area contributed by atoms with E-state index in [4.69, 9.17) is 16.3 Å². The number of nitro groups is 1. The van der Waals surface area contributed by atoms with E-state index < -0.39 is 28.3 Å². The Hall–Kier alpha value is -3.59. The molecular formula is C22H21ClN4O5. The first-order valence-corrected chi connectivity index (χ1v) is 10.4. The van der Waals surface area contributed by atoms with Crippen molar-refractivity contribution in [1.82, 2.24) is 9.78 Å². The van der Waals surface area contributed by atoms with E-state index >= 15 is 0 Å². The molecule has 0 radical (unpaired) electrons. The number of aromatic nitrogens is 2. The van der Waals surface area contributed by atoms with Gasteiger partial charge in [0.25, 0.3) is 5.56 Å².